The van der Waals surface area contributed by atoms with Gasteiger partial charge in [0, 0.05) is 12.1 Å². The van der Waals surface area contributed by atoms with Gasteiger partial charge in [-0.2, -0.15) is 4.98 Å². The number of ether oxygens (including phenoxy) is 1. The summed E-state index contributed by atoms with van der Waals surface area (Å²) in [6.07, 6.45) is 0. The average Bonchev–Trinajstić information content (AvgIpc) is 2.24. The molecule has 1 heterocycles. The zero-order valence-corrected chi connectivity index (χ0v) is 8.77. The molecule has 4 heteroatoms. The van der Waals surface area contributed by atoms with Crippen LogP contribution in [0.25, 0.3) is 0 Å². The van der Waals surface area contributed by atoms with Crippen LogP contribution in [-0.2, 0) is 0 Å². The number of anilines is 1. The molecule has 16 heavy (non-hydrogen) atoms. The molecule has 2 aromatic rings. The van der Waals surface area contributed by atoms with Crippen LogP contribution in [0.4, 0.5) is 10.2 Å². The largest absolute Gasteiger partial charge is 0.439 e. The van der Waals surface area contributed by atoms with Gasteiger partial charge in [-0.05, 0) is 24.6 Å². The van der Waals surface area contributed by atoms with Crippen molar-refractivity contribution in [3.8, 4) is 11.6 Å². The van der Waals surface area contributed by atoms with E-state index in [0.29, 0.717) is 23.0 Å². The van der Waals surface area contributed by atoms with Gasteiger partial charge in [0.1, 0.15) is 17.4 Å². The molecule has 0 saturated carbocycles. The summed E-state index contributed by atoms with van der Waals surface area (Å²) >= 11 is 0. The number of hydrogen-bond acceptors (Lipinski definition) is 3. The van der Waals surface area contributed by atoms with Gasteiger partial charge in [0.15, 0.2) is 0 Å². The first-order chi connectivity index (χ1) is 7.65. The van der Waals surface area contributed by atoms with Crippen LogP contribution in [0.1, 0.15) is 5.56 Å². The number of pyridine rings is 1. The van der Waals surface area contributed by atoms with Crippen LogP contribution in [0, 0.1) is 12.7 Å². The minimum atomic E-state index is -0.304. The molecule has 0 saturated heterocycles. The van der Waals surface area contributed by atoms with Crippen LogP contribution in [0.15, 0.2) is 36.4 Å². The maximum absolute atomic E-state index is 13.2. The molecule has 0 bridgehead atoms. The second kappa shape index (κ2) is 4.18. The number of aromatic nitrogens is 1. The van der Waals surface area contributed by atoms with Crippen molar-refractivity contribution in [3.63, 3.8) is 0 Å². The highest BCUT2D eigenvalue weighted by Gasteiger charge is 2.02. The van der Waals surface area contributed by atoms with Gasteiger partial charge in [0.05, 0.1) is 0 Å². The Bertz CT molecular complexity index is 514. The topological polar surface area (TPSA) is 48.1 Å². The first-order valence-electron chi connectivity index (χ1n) is 4.82. The molecule has 0 fully saturated rings. The molecule has 0 radical (unpaired) electrons. The third-order valence-corrected chi connectivity index (χ3v) is 2.11. The Hall–Kier alpha value is -2.10. The Morgan fingerprint density at radius 2 is 2.06 bits per heavy atom. The lowest BCUT2D eigenvalue weighted by molar-refractivity contribution is 0.458. The van der Waals surface area contributed by atoms with Gasteiger partial charge in [0.2, 0.25) is 5.88 Å². The minimum Gasteiger partial charge on any atom is -0.439 e. The van der Waals surface area contributed by atoms with Gasteiger partial charge < -0.3 is 10.5 Å². The molecule has 82 valence electrons. The molecule has 0 amide bonds. The van der Waals surface area contributed by atoms with Crippen LogP contribution in [0.2, 0.25) is 0 Å². The molecule has 0 spiro atoms. The van der Waals surface area contributed by atoms with Crippen molar-refractivity contribution in [2.24, 2.45) is 0 Å². The molecule has 2 rings (SSSR count). The fourth-order valence-electron chi connectivity index (χ4n) is 1.25. The number of hydrogen-bond donors (Lipinski definition) is 1. The zero-order chi connectivity index (χ0) is 11.5. The predicted octanol–water partition coefficient (Wildman–Crippen LogP) is 2.90. The van der Waals surface area contributed by atoms with Gasteiger partial charge in [-0.1, -0.05) is 12.1 Å². The minimum absolute atomic E-state index is 0.304. The molecule has 0 aliphatic rings. The van der Waals surface area contributed by atoms with Crippen LogP contribution in [0.3, 0.4) is 0 Å². The van der Waals surface area contributed by atoms with E-state index in [-0.39, 0.29) is 5.82 Å². The number of benzene rings is 1. The Morgan fingerprint density at radius 1 is 1.25 bits per heavy atom. The lowest BCUT2D eigenvalue weighted by Gasteiger charge is -2.05. The van der Waals surface area contributed by atoms with Crippen molar-refractivity contribution in [1.82, 2.24) is 4.98 Å². The van der Waals surface area contributed by atoms with Crippen molar-refractivity contribution in [2.75, 3.05) is 5.73 Å². The molecule has 3 nitrogen and oxygen atoms in total. The zero-order valence-electron chi connectivity index (χ0n) is 8.77. The number of halogens is 1. The molecule has 0 atom stereocenters. The molecule has 1 aromatic heterocycles. The Balaban J connectivity index is 2.24. The molecule has 0 unspecified atom stereocenters. The maximum atomic E-state index is 13.2. The summed E-state index contributed by atoms with van der Waals surface area (Å²) in [5.74, 6) is 0.816. The third-order valence-electron chi connectivity index (χ3n) is 2.11. The van der Waals surface area contributed by atoms with E-state index in [9.17, 15) is 4.39 Å². The predicted molar refractivity (Wildman–Crippen MR) is 59.9 cm³/mol. The lowest BCUT2D eigenvalue weighted by atomic mass is 10.2. The second-order valence-electron chi connectivity index (χ2n) is 3.41. The van der Waals surface area contributed by atoms with E-state index in [1.54, 1.807) is 37.3 Å². The molecule has 0 aliphatic heterocycles. The van der Waals surface area contributed by atoms with Crippen molar-refractivity contribution < 1.29 is 9.13 Å². The van der Waals surface area contributed by atoms with E-state index < -0.39 is 0 Å². The van der Waals surface area contributed by atoms with Crippen LogP contribution >= 0.6 is 0 Å². The highest BCUT2D eigenvalue weighted by Crippen LogP contribution is 2.22. The summed E-state index contributed by atoms with van der Waals surface area (Å²) in [5, 5.41) is 0. The average molecular weight is 218 g/mol. The SMILES string of the molecule is Cc1ccc(Oc2cccc(N)n2)cc1F. The summed E-state index contributed by atoms with van der Waals surface area (Å²) in [5.41, 5.74) is 6.08. The Morgan fingerprint density at radius 3 is 2.75 bits per heavy atom. The number of nitrogen functional groups attached to an aromatic ring is 1. The van der Waals surface area contributed by atoms with Crippen LogP contribution in [0.5, 0.6) is 11.6 Å². The number of aryl methyl sites for hydroxylation is 1. The van der Waals surface area contributed by atoms with Crippen LogP contribution < -0.4 is 10.5 Å². The highest BCUT2D eigenvalue weighted by molar-refractivity contribution is 5.35. The van der Waals surface area contributed by atoms with Gasteiger partial charge >= 0.3 is 0 Å². The molecular weight excluding hydrogens is 207 g/mol. The summed E-state index contributed by atoms with van der Waals surface area (Å²) in [7, 11) is 0. The van der Waals surface area contributed by atoms with E-state index >= 15 is 0 Å². The Labute approximate surface area is 92.7 Å². The first kappa shape index (κ1) is 10.4. The van der Waals surface area contributed by atoms with E-state index in [0.717, 1.165) is 0 Å². The first-order valence-corrected chi connectivity index (χ1v) is 4.82. The third kappa shape index (κ3) is 2.28. The summed E-state index contributed by atoms with van der Waals surface area (Å²) < 4.78 is 18.6. The van der Waals surface area contributed by atoms with Gasteiger partial charge in [-0.25, -0.2) is 4.39 Å². The quantitative estimate of drug-likeness (QED) is 0.843. The molecule has 1 aromatic carbocycles. The second-order valence-corrected chi connectivity index (χ2v) is 3.41. The fourth-order valence-corrected chi connectivity index (χ4v) is 1.25. The van der Waals surface area contributed by atoms with Gasteiger partial charge in [-0.15, -0.1) is 0 Å². The maximum Gasteiger partial charge on any atom is 0.221 e. The van der Waals surface area contributed by atoms with E-state index in [1.807, 2.05) is 0 Å². The summed E-state index contributed by atoms with van der Waals surface area (Å²) in [6, 6.07) is 9.69. The number of nitrogens with zero attached hydrogens (tertiary/aromatic N) is 1. The molecule has 0 aliphatic carbocycles. The summed E-state index contributed by atoms with van der Waals surface area (Å²) in [4.78, 5) is 3.95. The van der Waals surface area contributed by atoms with Crippen molar-refractivity contribution >= 4 is 5.82 Å². The monoisotopic (exact) mass is 218 g/mol. The normalized spacial score (nSPS) is 10.1. The van der Waals surface area contributed by atoms with E-state index in [1.165, 1.54) is 6.07 Å². The van der Waals surface area contributed by atoms with Gasteiger partial charge in [0.25, 0.3) is 0 Å². The number of rotatable bonds is 2. The molecular formula is C12H11FN2O. The Kier molecular flexibility index (Phi) is 2.72. The van der Waals surface area contributed by atoms with Crippen molar-refractivity contribution in [1.29, 1.82) is 0 Å². The van der Waals surface area contributed by atoms with E-state index in [4.69, 9.17) is 10.5 Å². The summed E-state index contributed by atoms with van der Waals surface area (Å²) in [6.45, 7) is 1.69. The van der Waals surface area contributed by atoms with Crippen LogP contribution in [-0.4, -0.2) is 4.98 Å². The molecule has 2 N–H and O–H groups in total. The number of nitrogens with two attached hydrogens (primary N) is 1. The van der Waals surface area contributed by atoms with Crippen molar-refractivity contribution in [2.45, 2.75) is 6.92 Å². The smallest absolute Gasteiger partial charge is 0.221 e. The lowest BCUT2D eigenvalue weighted by Crippen LogP contribution is -1.93. The van der Waals surface area contributed by atoms with Crippen molar-refractivity contribution in [3.05, 3.63) is 47.8 Å². The van der Waals surface area contributed by atoms with E-state index in [2.05, 4.69) is 4.98 Å². The highest BCUT2D eigenvalue weighted by atomic mass is 19.1. The fraction of sp³-hybridized carbons (Fsp3) is 0.0833. The standard InChI is InChI=1S/C12H11FN2O/c1-8-5-6-9(7-10(8)13)16-12-4-2-3-11(14)15-12/h2-7H,1H3,(H2,14,15). The van der Waals surface area contributed by atoms with Gasteiger partial charge in [-0.3, -0.25) is 0 Å².